The normalized spacial score (nSPS) is 16.9. The summed E-state index contributed by atoms with van der Waals surface area (Å²) in [4.78, 5) is 28.6. The van der Waals surface area contributed by atoms with Gasteiger partial charge in [-0.2, -0.15) is 0 Å². The molecule has 0 spiro atoms. The van der Waals surface area contributed by atoms with Crippen molar-refractivity contribution in [2.24, 2.45) is 0 Å². The molecule has 1 N–H and O–H groups in total. The van der Waals surface area contributed by atoms with Crippen LogP contribution in [0.4, 0.5) is 0 Å². The van der Waals surface area contributed by atoms with Crippen LogP contribution >= 0.6 is 11.3 Å². The minimum Gasteiger partial charge on any atom is -0.344 e. The van der Waals surface area contributed by atoms with E-state index in [9.17, 15) is 9.59 Å². The van der Waals surface area contributed by atoms with Crippen molar-refractivity contribution >= 4 is 23.2 Å². The Kier molecular flexibility index (Phi) is 5.30. The van der Waals surface area contributed by atoms with Crippen molar-refractivity contribution in [1.29, 1.82) is 0 Å². The lowest BCUT2D eigenvalue weighted by Gasteiger charge is -2.25. The number of rotatable bonds is 6. The number of benzene rings is 1. The van der Waals surface area contributed by atoms with E-state index in [-0.39, 0.29) is 17.9 Å². The standard InChI is InChI=1S/C19H22N2O2S/c1-14-7-8-16(24-14)13-21(12-11-15-5-3-2-4-6-15)19(23)17-9-10-18(22)20-17/h2-8,17H,9-13H2,1H3,(H,20,22)/t17-/m0/s1. The van der Waals surface area contributed by atoms with Gasteiger partial charge in [-0.15, -0.1) is 11.3 Å². The lowest BCUT2D eigenvalue weighted by atomic mass is 10.1. The van der Waals surface area contributed by atoms with E-state index >= 15 is 0 Å². The maximum Gasteiger partial charge on any atom is 0.245 e. The van der Waals surface area contributed by atoms with E-state index in [1.807, 2.05) is 23.1 Å². The molecule has 1 fully saturated rings. The Hall–Kier alpha value is -2.14. The summed E-state index contributed by atoms with van der Waals surface area (Å²) < 4.78 is 0. The molecule has 5 heteroatoms. The number of thiophene rings is 1. The number of nitrogens with zero attached hydrogens (tertiary/aromatic N) is 1. The molecule has 3 rings (SSSR count). The molecule has 2 heterocycles. The first-order chi connectivity index (χ1) is 11.6. The van der Waals surface area contributed by atoms with Crippen LogP contribution in [0.1, 0.15) is 28.2 Å². The lowest BCUT2D eigenvalue weighted by Crippen LogP contribution is -2.44. The Balaban J connectivity index is 1.69. The smallest absolute Gasteiger partial charge is 0.245 e. The van der Waals surface area contributed by atoms with Gasteiger partial charge < -0.3 is 10.2 Å². The quantitative estimate of drug-likeness (QED) is 0.877. The summed E-state index contributed by atoms with van der Waals surface area (Å²) in [6.07, 6.45) is 1.86. The monoisotopic (exact) mass is 342 g/mol. The second kappa shape index (κ2) is 7.62. The molecule has 0 radical (unpaired) electrons. The third kappa shape index (κ3) is 4.23. The second-order valence-corrected chi connectivity index (χ2v) is 7.54. The minimum absolute atomic E-state index is 0.0247. The Morgan fingerprint density at radius 1 is 1.25 bits per heavy atom. The van der Waals surface area contributed by atoms with E-state index in [0.29, 0.717) is 25.9 Å². The van der Waals surface area contributed by atoms with Crippen LogP contribution < -0.4 is 5.32 Å². The zero-order chi connectivity index (χ0) is 16.9. The van der Waals surface area contributed by atoms with Crippen LogP contribution in [0, 0.1) is 6.92 Å². The Morgan fingerprint density at radius 3 is 2.67 bits per heavy atom. The predicted molar refractivity (Wildman–Crippen MR) is 95.8 cm³/mol. The molecule has 2 amide bonds. The van der Waals surface area contributed by atoms with Gasteiger partial charge in [-0.05, 0) is 37.5 Å². The number of hydrogen-bond acceptors (Lipinski definition) is 3. The zero-order valence-corrected chi connectivity index (χ0v) is 14.6. The van der Waals surface area contributed by atoms with Crippen LogP contribution in [0.3, 0.4) is 0 Å². The van der Waals surface area contributed by atoms with Gasteiger partial charge in [0.15, 0.2) is 0 Å². The number of nitrogens with one attached hydrogen (secondary N) is 1. The van der Waals surface area contributed by atoms with Crippen molar-refractivity contribution in [2.75, 3.05) is 6.54 Å². The van der Waals surface area contributed by atoms with Crippen LogP contribution in [0.25, 0.3) is 0 Å². The molecule has 1 saturated heterocycles. The highest BCUT2D eigenvalue weighted by Crippen LogP contribution is 2.19. The van der Waals surface area contributed by atoms with Crippen molar-refractivity contribution in [3.63, 3.8) is 0 Å². The van der Waals surface area contributed by atoms with Gasteiger partial charge in [0.25, 0.3) is 0 Å². The highest BCUT2D eigenvalue weighted by Gasteiger charge is 2.30. The number of aryl methyl sites for hydroxylation is 1. The van der Waals surface area contributed by atoms with Gasteiger partial charge in [0.2, 0.25) is 11.8 Å². The summed E-state index contributed by atoms with van der Waals surface area (Å²) in [7, 11) is 0. The van der Waals surface area contributed by atoms with Crippen molar-refractivity contribution < 1.29 is 9.59 Å². The van der Waals surface area contributed by atoms with Gasteiger partial charge in [0.1, 0.15) is 6.04 Å². The largest absolute Gasteiger partial charge is 0.344 e. The summed E-state index contributed by atoms with van der Waals surface area (Å²) in [5.74, 6) is 0.00571. The van der Waals surface area contributed by atoms with Gasteiger partial charge in [0.05, 0.1) is 6.54 Å². The predicted octanol–water partition coefficient (Wildman–Crippen LogP) is 2.91. The Labute approximate surface area is 146 Å². The molecule has 1 aromatic heterocycles. The van der Waals surface area contributed by atoms with Crippen molar-refractivity contribution in [1.82, 2.24) is 10.2 Å². The zero-order valence-electron chi connectivity index (χ0n) is 13.8. The van der Waals surface area contributed by atoms with E-state index in [2.05, 4.69) is 36.5 Å². The Morgan fingerprint density at radius 2 is 2.04 bits per heavy atom. The number of hydrogen-bond donors (Lipinski definition) is 1. The summed E-state index contributed by atoms with van der Waals surface area (Å²) in [5, 5.41) is 2.80. The molecule has 0 bridgehead atoms. The second-order valence-electron chi connectivity index (χ2n) is 6.17. The molecule has 24 heavy (non-hydrogen) atoms. The molecule has 2 aromatic rings. The van der Waals surface area contributed by atoms with E-state index in [0.717, 1.165) is 6.42 Å². The first-order valence-electron chi connectivity index (χ1n) is 8.29. The topological polar surface area (TPSA) is 49.4 Å². The first kappa shape index (κ1) is 16.7. The lowest BCUT2D eigenvalue weighted by molar-refractivity contribution is -0.134. The van der Waals surface area contributed by atoms with E-state index in [4.69, 9.17) is 0 Å². The molecule has 1 atom stereocenters. The maximum atomic E-state index is 12.8. The van der Waals surface area contributed by atoms with Gasteiger partial charge in [0, 0.05) is 22.7 Å². The van der Waals surface area contributed by atoms with Gasteiger partial charge in [-0.1, -0.05) is 30.3 Å². The molecule has 1 aliphatic rings. The number of amides is 2. The van der Waals surface area contributed by atoms with Crippen LogP contribution in [0.15, 0.2) is 42.5 Å². The van der Waals surface area contributed by atoms with Gasteiger partial charge >= 0.3 is 0 Å². The van der Waals surface area contributed by atoms with Crippen LogP contribution in [-0.4, -0.2) is 29.3 Å². The molecular formula is C19H22N2O2S. The maximum absolute atomic E-state index is 12.8. The fraction of sp³-hybridized carbons (Fsp3) is 0.368. The van der Waals surface area contributed by atoms with Crippen LogP contribution in [0.5, 0.6) is 0 Å². The third-order valence-electron chi connectivity index (χ3n) is 4.26. The molecule has 0 saturated carbocycles. The summed E-state index contributed by atoms with van der Waals surface area (Å²) >= 11 is 1.72. The summed E-state index contributed by atoms with van der Waals surface area (Å²) in [5.41, 5.74) is 1.22. The summed E-state index contributed by atoms with van der Waals surface area (Å²) in [6.45, 7) is 3.34. The summed E-state index contributed by atoms with van der Waals surface area (Å²) in [6, 6.07) is 14.0. The highest BCUT2D eigenvalue weighted by atomic mass is 32.1. The van der Waals surface area contributed by atoms with Gasteiger partial charge in [-0.25, -0.2) is 0 Å². The molecule has 4 nitrogen and oxygen atoms in total. The van der Waals surface area contributed by atoms with Crippen molar-refractivity contribution in [3.8, 4) is 0 Å². The van der Waals surface area contributed by atoms with Crippen LogP contribution in [0.2, 0.25) is 0 Å². The molecule has 1 aliphatic heterocycles. The van der Waals surface area contributed by atoms with E-state index in [1.54, 1.807) is 11.3 Å². The van der Waals surface area contributed by atoms with Crippen molar-refractivity contribution in [3.05, 3.63) is 57.8 Å². The molecular weight excluding hydrogens is 320 g/mol. The molecule has 0 aliphatic carbocycles. The molecule has 126 valence electrons. The molecule has 0 unspecified atom stereocenters. The highest BCUT2D eigenvalue weighted by molar-refractivity contribution is 7.11. The SMILES string of the molecule is Cc1ccc(CN(CCc2ccccc2)C(=O)[C@@H]2CCC(=O)N2)s1. The fourth-order valence-corrected chi connectivity index (χ4v) is 3.86. The number of carbonyl (C=O) groups is 2. The number of carbonyl (C=O) groups excluding carboxylic acids is 2. The molecule has 1 aromatic carbocycles. The average Bonchev–Trinajstić information content (AvgIpc) is 3.20. The van der Waals surface area contributed by atoms with Gasteiger partial charge in [-0.3, -0.25) is 9.59 Å². The first-order valence-corrected chi connectivity index (χ1v) is 9.11. The fourth-order valence-electron chi connectivity index (χ4n) is 2.95. The minimum atomic E-state index is -0.366. The van der Waals surface area contributed by atoms with E-state index < -0.39 is 0 Å². The average molecular weight is 342 g/mol. The third-order valence-corrected chi connectivity index (χ3v) is 5.25. The van der Waals surface area contributed by atoms with Crippen molar-refractivity contribution in [2.45, 2.75) is 38.8 Å². The Bertz CT molecular complexity index is 711. The van der Waals surface area contributed by atoms with Crippen LogP contribution in [-0.2, 0) is 22.6 Å². The van der Waals surface area contributed by atoms with E-state index in [1.165, 1.54) is 15.3 Å².